The third-order valence-corrected chi connectivity index (χ3v) is 6.49. The molecule has 0 spiro atoms. The zero-order valence-corrected chi connectivity index (χ0v) is 12.8. The van der Waals surface area contributed by atoms with E-state index in [4.69, 9.17) is 16.0 Å². The Kier molecular flexibility index (Phi) is 3.83. The van der Waals surface area contributed by atoms with Crippen LogP contribution < -0.4 is 0 Å². The van der Waals surface area contributed by atoms with Crippen molar-refractivity contribution in [2.45, 2.75) is 17.4 Å². The summed E-state index contributed by atoms with van der Waals surface area (Å²) >= 11 is 9.53. The first-order valence-electron chi connectivity index (χ1n) is 6.11. The number of hydrogen-bond donors (Lipinski definition) is 0. The van der Waals surface area contributed by atoms with E-state index >= 15 is 0 Å². The summed E-state index contributed by atoms with van der Waals surface area (Å²) in [5, 5.41) is 1.87. The molecule has 0 radical (unpaired) electrons. The summed E-state index contributed by atoms with van der Waals surface area (Å²) in [4.78, 5) is 12.5. The Labute approximate surface area is 125 Å². The molecule has 3 rings (SSSR count). The number of fused-ring (bicyclic) bond motifs is 1. The molecule has 0 bridgehead atoms. The molecule has 0 N–H and O–H groups in total. The van der Waals surface area contributed by atoms with Crippen molar-refractivity contribution in [3.63, 3.8) is 0 Å². The van der Waals surface area contributed by atoms with Gasteiger partial charge in [0, 0.05) is 27.2 Å². The van der Waals surface area contributed by atoms with Crippen molar-refractivity contribution in [3.8, 4) is 0 Å². The molecule has 19 heavy (non-hydrogen) atoms. The second-order valence-corrected chi connectivity index (χ2v) is 7.70. The minimum absolute atomic E-state index is 0.00483. The fourth-order valence-corrected chi connectivity index (χ4v) is 5.08. The van der Waals surface area contributed by atoms with Crippen molar-refractivity contribution in [1.82, 2.24) is 0 Å². The van der Waals surface area contributed by atoms with Gasteiger partial charge in [-0.05, 0) is 24.3 Å². The number of ketones is 1. The number of furan rings is 1. The van der Waals surface area contributed by atoms with Gasteiger partial charge in [0.05, 0.1) is 5.25 Å². The highest BCUT2D eigenvalue weighted by atomic mass is 35.5. The van der Waals surface area contributed by atoms with Crippen LogP contribution in [0.15, 0.2) is 28.7 Å². The first-order valence-corrected chi connectivity index (χ1v) is 8.59. The molecule has 2 nitrogen and oxygen atoms in total. The van der Waals surface area contributed by atoms with Gasteiger partial charge in [0.15, 0.2) is 5.76 Å². The predicted molar refractivity (Wildman–Crippen MR) is 83.7 cm³/mol. The van der Waals surface area contributed by atoms with Crippen molar-refractivity contribution < 1.29 is 9.21 Å². The van der Waals surface area contributed by atoms with Crippen molar-refractivity contribution in [2.24, 2.45) is 0 Å². The Morgan fingerprint density at radius 3 is 2.89 bits per heavy atom. The monoisotopic (exact) mass is 312 g/mol. The first kappa shape index (κ1) is 13.4. The summed E-state index contributed by atoms with van der Waals surface area (Å²) in [6.45, 7) is 2.11. The highest BCUT2D eigenvalue weighted by Gasteiger charge is 2.31. The Balaban J connectivity index is 1.92. The molecule has 0 amide bonds. The van der Waals surface area contributed by atoms with Gasteiger partial charge >= 0.3 is 0 Å². The van der Waals surface area contributed by atoms with Gasteiger partial charge in [-0.1, -0.05) is 18.5 Å². The van der Waals surface area contributed by atoms with Crippen molar-refractivity contribution in [1.29, 1.82) is 0 Å². The van der Waals surface area contributed by atoms with Gasteiger partial charge in [-0.15, -0.1) is 11.8 Å². The highest BCUT2D eigenvalue weighted by molar-refractivity contribution is 8.07. The molecule has 2 unspecified atom stereocenters. The van der Waals surface area contributed by atoms with E-state index in [2.05, 4.69) is 6.92 Å². The summed E-state index contributed by atoms with van der Waals surface area (Å²) in [7, 11) is 0. The second kappa shape index (κ2) is 5.43. The zero-order chi connectivity index (χ0) is 13.4. The third kappa shape index (κ3) is 2.67. The lowest BCUT2D eigenvalue weighted by molar-refractivity contribution is 0.0965. The third-order valence-electron chi connectivity index (χ3n) is 3.17. The smallest absolute Gasteiger partial charge is 0.212 e. The van der Waals surface area contributed by atoms with E-state index < -0.39 is 0 Å². The van der Waals surface area contributed by atoms with Crippen molar-refractivity contribution in [2.75, 3.05) is 11.5 Å². The van der Waals surface area contributed by atoms with E-state index in [1.165, 1.54) is 0 Å². The summed E-state index contributed by atoms with van der Waals surface area (Å²) in [6.07, 6.45) is 0. The molecule has 1 aromatic carbocycles. The Hall–Kier alpha value is -0.580. The van der Waals surface area contributed by atoms with Gasteiger partial charge in [0.1, 0.15) is 5.58 Å². The summed E-state index contributed by atoms with van der Waals surface area (Å²) in [5.41, 5.74) is 0.717. The van der Waals surface area contributed by atoms with Gasteiger partial charge in [0.25, 0.3) is 0 Å². The van der Waals surface area contributed by atoms with Crippen LogP contribution in [0.2, 0.25) is 5.02 Å². The van der Waals surface area contributed by atoms with Crippen LogP contribution in [0.3, 0.4) is 0 Å². The minimum atomic E-state index is -0.00483. The van der Waals surface area contributed by atoms with Crippen LogP contribution in [0.1, 0.15) is 17.5 Å². The van der Waals surface area contributed by atoms with E-state index in [-0.39, 0.29) is 11.0 Å². The highest BCUT2D eigenvalue weighted by Crippen LogP contribution is 2.34. The van der Waals surface area contributed by atoms with E-state index in [0.717, 1.165) is 16.9 Å². The Bertz CT molecular complexity index is 623. The first-order chi connectivity index (χ1) is 9.15. The molecule has 1 aliphatic rings. The fourth-order valence-electron chi connectivity index (χ4n) is 2.20. The molecule has 100 valence electrons. The normalized spacial score (nSPS) is 23.7. The molecular weight excluding hydrogens is 300 g/mol. The topological polar surface area (TPSA) is 30.2 Å². The molecule has 2 heterocycles. The maximum absolute atomic E-state index is 12.5. The van der Waals surface area contributed by atoms with E-state index in [1.807, 2.05) is 17.8 Å². The molecule has 0 saturated carbocycles. The van der Waals surface area contributed by atoms with Crippen molar-refractivity contribution >= 4 is 51.9 Å². The quantitative estimate of drug-likeness (QED) is 0.763. The zero-order valence-electron chi connectivity index (χ0n) is 10.4. The maximum Gasteiger partial charge on any atom is 0.212 e. The van der Waals surface area contributed by atoms with Crippen LogP contribution in [0.4, 0.5) is 0 Å². The van der Waals surface area contributed by atoms with Crippen LogP contribution >= 0.6 is 35.1 Å². The molecule has 5 heteroatoms. The van der Waals surface area contributed by atoms with E-state index in [9.17, 15) is 4.79 Å². The lowest BCUT2D eigenvalue weighted by atomic mass is 10.1. The minimum Gasteiger partial charge on any atom is -0.453 e. The SMILES string of the molecule is CC1SCCSC1C(=O)c1cc2cc(Cl)ccc2o1. The number of Topliss-reactive ketones (excluding diaryl/α,β-unsaturated/α-hetero) is 1. The van der Waals surface area contributed by atoms with E-state index in [0.29, 0.717) is 21.6 Å². The number of halogens is 1. The average molecular weight is 313 g/mol. The number of benzene rings is 1. The Morgan fingerprint density at radius 2 is 2.11 bits per heavy atom. The largest absolute Gasteiger partial charge is 0.453 e. The summed E-state index contributed by atoms with van der Waals surface area (Å²) in [6, 6.07) is 7.20. The van der Waals surface area contributed by atoms with Gasteiger partial charge in [-0.2, -0.15) is 11.8 Å². The van der Waals surface area contributed by atoms with Gasteiger partial charge < -0.3 is 4.42 Å². The molecule has 2 atom stereocenters. The number of rotatable bonds is 2. The number of hydrogen-bond acceptors (Lipinski definition) is 4. The molecule has 1 saturated heterocycles. The van der Waals surface area contributed by atoms with E-state index in [1.54, 1.807) is 30.0 Å². The molecule has 1 aliphatic heterocycles. The van der Waals surface area contributed by atoms with Crippen LogP contribution in [0.5, 0.6) is 0 Å². The molecule has 0 aliphatic carbocycles. The van der Waals surface area contributed by atoms with Gasteiger partial charge in [-0.3, -0.25) is 4.79 Å². The van der Waals surface area contributed by atoms with Crippen LogP contribution in [0.25, 0.3) is 11.0 Å². The molecular formula is C14H13ClO2S2. The molecule has 1 fully saturated rings. The molecule has 1 aromatic heterocycles. The van der Waals surface area contributed by atoms with Crippen LogP contribution in [0, 0.1) is 0 Å². The Morgan fingerprint density at radius 1 is 1.32 bits per heavy atom. The van der Waals surface area contributed by atoms with Crippen molar-refractivity contribution in [3.05, 3.63) is 35.0 Å². The lowest BCUT2D eigenvalue weighted by Crippen LogP contribution is -2.30. The van der Waals surface area contributed by atoms with Gasteiger partial charge in [-0.25, -0.2) is 0 Å². The standard InChI is InChI=1S/C14H13ClO2S2/c1-8-14(19-5-4-18-8)13(16)12-7-9-6-10(15)2-3-11(9)17-12/h2-3,6-8,14H,4-5H2,1H3. The molecule has 2 aromatic rings. The lowest BCUT2D eigenvalue weighted by Gasteiger charge is -2.25. The maximum atomic E-state index is 12.5. The number of carbonyl (C=O) groups is 1. The number of thioether (sulfide) groups is 2. The van der Waals surface area contributed by atoms with Crippen LogP contribution in [-0.4, -0.2) is 27.8 Å². The fraction of sp³-hybridized carbons (Fsp3) is 0.357. The average Bonchev–Trinajstić information content (AvgIpc) is 2.81. The van der Waals surface area contributed by atoms with Gasteiger partial charge in [0.2, 0.25) is 5.78 Å². The summed E-state index contributed by atoms with van der Waals surface area (Å²) in [5.74, 6) is 2.68. The van der Waals surface area contributed by atoms with Crippen LogP contribution in [-0.2, 0) is 0 Å². The predicted octanol–water partition coefficient (Wildman–Crippen LogP) is 4.51. The number of carbonyl (C=O) groups excluding carboxylic acids is 1. The second-order valence-electron chi connectivity index (χ2n) is 4.52. The summed E-state index contributed by atoms with van der Waals surface area (Å²) < 4.78 is 5.66.